The molecule has 0 fully saturated rings. The highest BCUT2D eigenvalue weighted by Gasteiger charge is 2.14. The van der Waals surface area contributed by atoms with Crippen LogP contribution < -0.4 is 10.1 Å². The Morgan fingerprint density at radius 1 is 1.00 bits per heavy atom. The molecule has 0 saturated carbocycles. The Morgan fingerprint density at radius 2 is 1.77 bits per heavy atom. The summed E-state index contributed by atoms with van der Waals surface area (Å²) in [5.74, 6) is -1.08. The van der Waals surface area contributed by atoms with Crippen molar-refractivity contribution in [2.45, 2.75) is 27.3 Å². The molecule has 3 aromatic carbocycles. The van der Waals surface area contributed by atoms with Crippen LogP contribution in [0.15, 0.2) is 48.5 Å². The zero-order valence-corrected chi connectivity index (χ0v) is 17.0. The van der Waals surface area contributed by atoms with Crippen LogP contribution in [0.3, 0.4) is 0 Å². The highest BCUT2D eigenvalue weighted by atomic mass is 19.1. The number of aryl methyl sites for hydroxylation is 1. The summed E-state index contributed by atoms with van der Waals surface area (Å²) in [5, 5.41) is 2.93. The predicted octanol–water partition coefficient (Wildman–Crippen LogP) is 5.97. The number of hydrogen-bond donors (Lipinski definition) is 1. The molecule has 0 aliphatic carbocycles. The molecule has 3 aromatic rings. The van der Waals surface area contributed by atoms with Crippen LogP contribution in [0.4, 0.5) is 18.9 Å². The van der Waals surface area contributed by atoms with E-state index >= 15 is 0 Å². The molecule has 6 heteroatoms. The summed E-state index contributed by atoms with van der Waals surface area (Å²) in [6.45, 7) is 4.59. The second-order valence-corrected chi connectivity index (χ2v) is 7.17. The standard InChI is InChI=1S/C24H22F3NO2/c1-14-9-18(17-5-4-6-20(25)11-17)10-19(23(14)27)12-28-24-16(3)22(8-7-21(24)26)30-13-15(2)29/h4-11,28H,12-13H2,1-3H3. The van der Waals surface area contributed by atoms with E-state index in [0.29, 0.717) is 33.6 Å². The van der Waals surface area contributed by atoms with Crippen LogP contribution in [0.25, 0.3) is 11.1 Å². The van der Waals surface area contributed by atoms with Crippen molar-refractivity contribution in [3.8, 4) is 16.9 Å². The van der Waals surface area contributed by atoms with Crippen LogP contribution in [0.5, 0.6) is 5.75 Å². The summed E-state index contributed by atoms with van der Waals surface area (Å²) in [4.78, 5) is 11.2. The molecular weight excluding hydrogens is 391 g/mol. The van der Waals surface area contributed by atoms with Crippen LogP contribution in [0.1, 0.15) is 23.6 Å². The molecule has 0 bridgehead atoms. The van der Waals surface area contributed by atoms with Gasteiger partial charge in [0.1, 0.15) is 29.8 Å². The third kappa shape index (κ3) is 4.82. The van der Waals surface area contributed by atoms with Gasteiger partial charge in [0.05, 0.1) is 5.69 Å². The van der Waals surface area contributed by atoms with E-state index in [1.54, 1.807) is 38.1 Å². The number of hydrogen-bond acceptors (Lipinski definition) is 3. The predicted molar refractivity (Wildman–Crippen MR) is 111 cm³/mol. The quantitative estimate of drug-likeness (QED) is 0.519. The molecule has 0 amide bonds. The third-order valence-corrected chi connectivity index (χ3v) is 4.74. The van der Waals surface area contributed by atoms with E-state index in [-0.39, 0.29) is 30.4 Å². The average Bonchev–Trinajstić information content (AvgIpc) is 2.70. The molecule has 0 atom stereocenters. The van der Waals surface area contributed by atoms with E-state index in [1.807, 2.05) is 0 Å². The van der Waals surface area contributed by atoms with E-state index < -0.39 is 11.6 Å². The third-order valence-electron chi connectivity index (χ3n) is 4.74. The Labute approximate surface area is 173 Å². The minimum atomic E-state index is -0.513. The monoisotopic (exact) mass is 413 g/mol. The maximum absolute atomic E-state index is 14.7. The number of rotatable bonds is 7. The maximum Gasteiger partial charge on any atom is 0.167 e. The first-order valence-corrected chi connectivity index (χ1v) is 9.46. The van der Waals surface area contributed by atoms with Gasteiger partial charge in [-0.15, -0.1) is 0 Å². The second-order valence-electron chi connectivity index (χ2n) is 7.17. The van der Waals surface area contributed by atoms with Crippen molar-refractivity contribution in [2.75, 3.05) is 11.9 Å². The number of anilines is 1. The number of benzene rings is 3. The Morgan fingerprint density at radius 3 is 2.47 bits per heavy atom. The second kappa shape index (κ2) is 9.03. The molecule has 3 nitrogen and oxygen atoms in total. The van der Waals surface area contributed by atoms with E-state index in [2.05, 4.69) is 5.32 Å². The lowest BCUT2D eigenvalue weighted by Gasteiger charge is -2.16. The molecule has 0 radical (unpaired) electrons. The van der Waals surface area contributed by atoms with Gasteiger partial charge in [-0.2, -0.15) is 0 Å². The molecule has 0 aromatic heterocycles. The summed E-state index contributed by atoms with van der Waals surface area (Å²) in [6, 6.07) is 12.0. The molecule has 30 heavy (non-hydrogen) atoms. The lowest BCUT2D eigenvalue weighted by molar-refractivity contribution is -0.118. The van der Waals surface area contributed by atoms with Gasteiger partial charge >= 0.3 is 0 Å². The van der Waals surface area contributed by atoms with E-state index in [1.165, 1.54) is 31.2 Å². The van der Waals surface area contributed by atoms with Crippen LogP contribution in [0.2, 0.25) is 0 Å². The van der Waals surface area contributed by atoms with Gasteiger partial charge in [-0.05, 0) is 73.9 Å². The van der Waals surface area contributed by atoms with Gasteiger partial charge in [0, 0.05) is 17.7 Å². The van der Waals surface area contributed by atoms with E-state index in [4.69, 9.17) is 4.74 Å². The summed E-state index contributed by atoms with van der Waals surface area (Å²) < 4.78 is 48.1. The Bertz CT molecular complexity index is 1100. The number of carbonyl (C=O) groups excluding carboxylic acids is 1. The van der Waals surface area contributed by atoms with Crippen LogP contribution in [-0.2, 0) is 11.3 Å². The van der Waals surface area contributed by atoms with Gasteiger partial charge in [0.2, 0.25) is 0 Å². The van der Waals surface area contributed by atoms with Crippen molar-refractivity contribution in [1.82, 2.24) is 0 Å². The lowest BCUT2D eigenvalue weighted by atomic mass is 9.99. The molecule has 0 saturated heterocycles. The molecule has 0 heterocycles. The number of Topliss-reactive ketones (excluding diaryl/α,β-unsaturated/α-hetero) is 1. The molecule has 0 unspecified atom stereocenters. The van der Waals surface area contributed by atoms with Crippen LogP contribution >= 0.6 is 0 Å². The first-order chi connectivity index (χ1) is 14.3. The molecular formula is C24H22F3NO2. The SMILES string of the molecule is CC(=O)COc1ccc(F)c(NCc2cc(-c3cccc(F)c3)cc(C)c2F)c1C. The fourth-order valence-corrected chi connectivity index (χ4v) is 3.20. The fraction of sp³-hybridized carbons (Fsp3) is 0.208. The number of ketones is 1. The average molecular weight is 413 g/mol. The minimum absolute atomic E-state index is 0.0176. The normalized spacial score (nSPS) is 10.7. The highest BCUT2D eigenvalue weighted by Crippen LogP contribution is 2.30. The smallest absolute Gasteiger partial charge is 0.167 e. The van der Waals surface area contributed by atoms with Gasteiger partial charge in [-0.1, -0.05) is 12.1 Å². The highest BCUT2D eigenvalue weighted by molar-refractivity contribution is 5.77. The van der Waals surface area contributed by atoms with Crippen molar-refractivity contribution in [2.24, 2.45) is 0 Å². The van der Waals surface area contributed by atoms with Crippen molar-refractivity contribution in [1.29, 1.82) is 0 Å². The molecule has 156 valence electrons. The summed E-state index contributed by atoms with van der Waals surface area (Å²) in [5.41, 5.74) is 2.67. The first-order valence-electron chi connectivity index (χ1n) is 9.46. The number of carbonyl (C=O) groups is 1. The van der Waals surface area contributed by atoms with Crippen molar-refractivity contribution in [3.63, 3.8) is 0 Å². The largest absolute Gasteiger partial charge is 0.485 e. The number of halogens is 3. The molecule has 1 N–H and O–H groups in total. The van der Waals surface area contributed by atoms with Crippen LogP contribution in [0, 0.1) is 31.3 Å². The van der Waals surface area contributed by atoms with E-state index in [9.17, 15) is 18.0 Å². The van der Waals surface area contributed by atoms with Crippen molar-refractivity contribution < 1.29 is 22.7 Å². The Kier molecular flexibility index (Phi) is 6.45. The first kappa shape index (κ1) is 21.4. The summed E-state index contributed by atoms with van der Waals surface area (Å²) >= 11 is 0. The molecule has 0 spiro atoms. The van der Waals surface area contributed by atoms with Gasteiger partial charge in [0.15, 0.2) is 5.78 Å². The molecule has 3 rings (SSSR count). The summed E-state index contributed by atoms with van der Waals surface area (Å²) in [6.07, 6.45) is 0. The maximum atomic E-state index is 14.7. The van der Waals surface area contributed by atoms with Gasteiger partial charge < -0.3 is 10.1 Å². The van der Waals surface area contributed by atoms with Crippen molar-refractivity contribution in [3.05, 3.63) is 82.7 Å². The lowest BCUT2D eigenvalue weighted by Crippen LogP contribution is -2.10. The van der Waals surface area contributed by atoms with Gasteiger partial charge in [-0.3, -0.25) is 4.79 Å². The Balaban J connectivity index is 1.89. The van der Waals surface area contributed by atoms with Gasteiger partial charge in [0.25, 0.3) is 0 Å². The molecule has 0 aliphatic rings. The van der Waals surface area contributed by atoms with Gasteiger partial charge in [-0.25, -0.2) is 13.2 Å². The fourth-order valence-electron chi connectivity index (χ4n) is 3.20. The zero-order chi connectivity index (χ0) is 21.8. The van der Waals surface area contributed by atoms with E-state index in [0.717, 1.165) is 0 Å². The minimum Gasteiger partial charge on any atom is -0.485 e. The number of nitrogens with one attached hydrogen (secondary N) is 1. The Hall–Kier alpha value is -3.28. The molecule has 0 aliphatic heterocycles. The summed E-state index contributed by atoms with van der Waals surface area (Å²) in [7, 11) is 0. The topological polar surface area (TPSA) is 38.3 Å². The van der Waals surface area contributed by atoms with Crippen molar-refractivity contribution >= 4 is 11.5 Å². The number of ether oxygens (including phenoxy) is 1. The van der Waals surface area contributed by atoms with Crippen LogP contribution in [-0.4, -0.2) is 12.4 Å². The zero-order valence-electron chi connectivity index (χ0n) is 17.0.